The predicted molar refractivity (Wildman–Crippen MR) is 108 cm³/mol. The number of rotatable bonds is 7. The largest absolute Gasteiger partial charge is 0.497 e. The van der Waals surface area contributed by atoms with Gasteiger partial charge in [-0.2, -0.15) is 8.78 Å². The van der Waals surface area contributed by atoms with Gasteiger partial charge in [-0.15, -0.1) is 0 Å². The Morgan fingerprint density at radius 3 is 2.43 bits per heavy atom. The highest BCUT2D eigenvalue weighted by Gasteiger charge is 2.23. The van der Waals surface area contributed by atoms with Crippen molar-refractivity contribution in [1.82, 2.24) is 5.16 Å². The molecule has 1 N–H and O–H groups in total. The number of methoxy groups -OCH3 is 1. The van der Waals surface area contributed by atoms with Gasteiger partial charge >= 0.3 is 6.61 Å². The molecule has 0 unspecified atom stereocenters. The minimum Gasteiger partial charge on any atom is -0.497 e. The van der Waals surface area contributed by atoms with Gasteiger partial charge in [0.2, 0.25) is 0 Å². The smallest absolute Gasteiger partial charge is 0.387 e. The molecule has 0 aliphatic rings. The lowest BCUT2D eigenvalue weighted by molar-refractivity contribution is -0.0494. The number of aromatic nitrogens is 1. The highest BCUT2D eigenvalue weighted by molar-refractivity contribution is 6.06. The van der Waals surface area contributed by atoms with E-state index in [2.05, 4.69) is 15.2 Å². The van der Waals surface area contributed by atoms with Crippen molar-refractivity contribution < 1.29 is 27.6 Å². The number of aryl methyl sites for hydroxylation is 1. The Morgan fingerprint density at radius 2 is 1.83 bits per heavy atom. The molecular weight excluding hydrogens is 394 g/mol. The van der Waals surface area contributed by atoms with Crippen LogP contribution in [0.4, 0.5) is 14.5 Å². The molecule has 0 saturated heterocycles. The summed E-state index contributed by atoms with van der Waals surface area (Å²) in [5.74, 6) is 0.697. The SMILES string of the molecule is COc1ccc(-c2cc(NC(=O)c3c(C)noc3C(C)C)ccc2OC(F)F)cc1. The van der Waals surface area contributed by atoms with Crippen LogP contribution in [0, 0.1) is 6.92 Å². The molecule has 0 bridgehead atoms. The standard InChI is InChI=1S/C22H22F2N2O4/c1-12(2)20-19(13(3)26-30-20)21(27)25-15-7-10-18(29-22(23)24)17(11-15)14-5-8-16(28-4)9-6-14/h5-12,22H,1-4H3,(H,25,27). The quantitative estimate of drug-likeness (QED) is 0.540. The Bertz CT molecular complexity index is 1030. The number of hydrogen-bond acceptors (Lipinski definition) is 5. The maximum atomic E-state index is 12.9. The van der Waals surface area contributed by atoms with E-state index in [0.29, 0.717) is 39.6 Å². The Kier molecular flexibility index (Phi) is 6.34. The third-order valence-corrected chi connectivity index (χ3v) is 4.50. The maximum absolute atomic E-state index is 12.9. The van der Waals surface area contributed by atoms with E-state index >= 15 is 0 Å². The average Bonchev–Trinajstić information content (AvgIpc) is 3.11. The first kappa shape index (κ1) is 21.3. The molecule has 1 aromatic heterocycles. The first-order chi connectivity index (χ1) is 14.3. The molecular formula is C22H22F2N2O4. The number of amides is 1. The number of halogens is 2. The number of alkyl halides is 2. The molecule has 2 aromatic carbocycles. The Morgan fingerprint density at radius 1 is 1.13 bits per heavy atom. The number of carbonyl (C=O) groups is 1. The van der Waals surface area contributed by atoms with Gasteiger partial charge in [0.05, 0.1) is 12.8 Å². The van der Waals surface area contributed by atoms with Crippen molar-refractivity contribution in [3.63, 3.8) is 0 Å². The van der Waals surface area contributed by atoms with Gasteiger partial charge < -0.3 is 19.3 Å². The summed E-state index contributed by atoms with van der Waals surface area (Å²) in [6.45, 7) is 2.51. The van der Waals surface area contributed by atoms with Crippen LogP contribution in [0.15, 0.2) is 47.0 Å². The fourth-order valence-corrected chi connectivity index (χ4v) is 3.05. The van der Waals surface area contributed by atoms with Crippen molar-refractivity contribution in [2.24, 2.45) is 0 Å². The average molecular weight is 416 g/mol. The Hall–Kier alpha value is -3.42. The van der Waals surface area contributed by atoms with E-state index < -0.39 is 6.61 Å². The van der Waals surface area contributed by atoms with Gasteiger partial charge in [0.25, 0.3) is 5.91 Å². The fourth-order valence-electron chi connectivity index (χ4n) is 3.05. The van der Waals surface area contributed by atoms with Crippen LogP contribution in [0.2, 0.25) is 0 Å². The van der Waals surface area contributed by atoms with Crippen LogP contribution in [-0.4, -0.2) is 24.8 Å². The summed E-state index contributed by atoms with van der Waals surface area (Å²) in [5.41, 5.74) is 2.30. The van der Waals surface area contributed by atoms with Gasteiger partial charge in [0.15, 0.2) is 5.76 Å². The first-order valence-corrected chi connectivity index (χ1v) is 9.31. The van der Waals surface area contributed by atoms with Crippen molar-refractivity contribution in [3.05, 3.63) is 59.5 Å². The van der Waals surface area contributed by atoms with Crippen LogP contribution < -0.4 is 14.8 Å². The summed E-state index contributed by atoms with van der Waals surface area (Å²) in [4.78, 5) is 12.8. The van der Waals surface area contributed by atoms with Crippen molar-refractivity contribution in [1.29, 1.82) is 0 Å². The van der Waals surface area contributed by atoms with E-state index in [-0.39, 0.29) is 17.6 Å². The van der Waals surface area contributed by atoms with Crippen LogP contribution in [-0.2, 0) is 0 Å². The van der Waals surface area contributed by atoms with E-state index in [1.54, 1.807) is 37.3 Å². The third-order valence-electron chi connectivity index (χ3n) is 4.50. The summed E-state index contributed by atoms with van der Waals surface area (Å²) >= 11 is 0. The van der Waals surface area contributed by atoms with E-state index in [4.69, 9.17) is 9.26 Å². The van der Waals surface area contributed by atoms with Crippen molar-refractivity contribution >= 4 is 11.6 Å². The molecule has 30 heavy (non-hydrogen) atoms. The summed E-state index contributed by atoms with van der Waals surface area (Å²) in [6, 6.07) is 11.3. The number of carbonyl (C=O) groups excluding carboxylic acids is 1. The molecule has 6 nitrogen and oxygen atoms in total. The van der Waals surface area contributed by atoms with Crippen molar-refractivity contribution in [2.45, 2.75) is 33.3 Å². The molecule has 0 aliphatic heterocycles. The van der Waals surface area contributed by atoms with Gasteiger partial charge in [-0.25, -0.2) is 0 Å². The van der Waals surface area contributed by atoms with E-state index in [9.17, 15) is 13.6 Å². The monoisotopic (exact) mass is 416 g/mol. The normalized spacial score (nSPS) is 11.1. The van der Waals surface area contributed by atoms with Crippen LogP contribution in [0.3, 0.4) is 0 Å². The molecule has 3 aromatic rings. The van der Waals surface area contributed by atoms with E-state index in [1.807, 2.05) is 13.8 Å². The molecule has 0 fully saturated rings. The second-order valence-corrected chi connectivity index (χ2v) is 6.93. The molecule has 3 rings (SSSR count). The number of hydrogen-bond donors (Lipinski definition) is 1. The third kappa shape index (κ3) is 4.59. The topological polar surface area (TPSA) is 73.6 Å². The summed E-state index contributed by atoms with van der Waals surface area (Å²) in [7, 11) is 1.54. The predicted octanol–water partition coefficient (Wildman–Crippen LogP) is 5.64. The molecule has 1 heterocycles. The second-order valence-electron chi connectivity index (χ2n) is 6.93. The van der Waals surface area contributed by atoms with Crippen LogP contribution in [0.25, 0.3) is 11.1 Å². The molecule has 0 spiro atoms. The van der Waals surface area contributed by atoms with Gasteiger partial charge in [-0.3, -0.25) is 4.79 Å². The number of anilines is 1. The first-order valence-electron chi connectivity index (χ1n) is 9.31. The number of benzene rings is 2. The molecule has 8 heteroatoms. The second kappa shape index (κ2) is 8.94. The molecule has 0 atom stereocenters. The Balaban J connectivity index is 1.96. The summed E-state index contributed by atoms with van der Waals surface area (Å²) in [5, 5.41) is 6.66. The lowest BCUT2D eigenvalue weighted by Gasteiger charge is -2.14. The van der Waals surface area contributed by atoms with E-state index in [0.717, 1.165) is 0 Å². The van der Waals surface area contributed by atoms with Crippen LogP contribution in [0.5, 0.6) is 11.5 Å². The molecule has 0 radical (unpaired) electrons. The molecule has 1 amide bonds. The molecule has 0 saturated carbocycles. The minimum absolute atomic E-state index is 0.00260. The van der Waals surface area contributed by atoms with Crippen molar-refractivity contribution in [2.75, 3.05) is 12.4 Å². The van der Waals surface area contributed by atoms with Crippen LogP contribution in [0.1, 0.15) is 41.6 Å². The highest BCUT2D eigenvalue weighted by Crippen LogP contribution is 2.35. The van der Waals surface area contributed by atoms with Crippen LogP contribution >= 0.6 is 0 Å². The van der Waals surface area contributed by atoms with Crippen molar-refractivity contribution in [3.8, 4) is 22.6 Å². The Labute approximate surface area is 172 Å². The zero-order valence-corrected chi connectivity index (χ0v) is 17.0. The highest BCUT2D eigenvalue weighted by atomic mass is 19.3. The lowest BCUT2D eigenvalue weighted by Crippen LogP contribution is -2.15. The zero-order chi connectivity index (χ0) is 21.8. The minimum atomic E-state index is -2.98. The number of nitrogens with one attached hydrogen (secondary N) is 1. The number of ether oxygens (including phenoxy) is 2. The van der Waals surface area contributed by atoms with Gasteiger partial charge in [-0.05, 0) is 42.8 Å². The summed E-state index contributed by atoms with van der Waals surface area (Å²) < 4.78 is 40.8. The van der Waals surface area contributed by atoms with Gasteiger partial charge in [-0.1, -0.05) is 31.1 Å². The summed E-state index contributed by atoms with van der Waals surface area (Å²) in [6.07, 6.45) is 0. The van der Waals surface area contributed by atoms with E-state index in [1.165, 1.54) is 19.2 Å². The van der Waals surface area contributed by atoms with Gasteiger partial charge in [0, 0.05) is 17.2 Å². The zero-order valence-electron chi connectivity index (χ0n) is 17.0. The van der Waals surface area contributed by atoms with Gasteiger partial charge in [0.1, 0.15) is 17.1 Å². The molecule has 158 valence electrons. The maximum Gasteiger partial charge on any atom is 0.387 e. The molecule has 0 aliphatic carbocycles. The number of nitrogens with zero attached hydrogens (tertiary/aromatic N) is 1. The fraction of sp³-hybridized carbons (Fsp3) is 0.273. The lowest BCUT2D eigenvalue weighted by atomic mass is 10.0.